The van der Waals surface area contributed by atoms with Gasteiger partial charge in [0.25, 0.3) is 5.91 Å². The number of benzene rings is 1. The highest BCUT2D eigenvalue weighted by molar-refractivity contribution is 9.11. The SMILES string of the molecule is Cc1cc(N2CC(NC(=O)Oc3ccc(Br)s3)CC2=O)ccc1C(=O)N1CC=CC1. The van der Waals surface area contributed by atoms with Gasteiger partial charge in [0.15, 0.2) is 5.06 Å². The molecule has 1 saturated heterocycles. The minimum Gasteiger partial charge on any atom is -0.399 e. The Morgan fingerprint density at radius 2 is 1.97 bits per heavy atom. The largest absolute Gasteiger partial charge is 0.413 e. The molecule has 156 valence electrons. The van der Waals surface area contributed by atoms with Crippen LogP contribution < -0.4 is 15.0 Å². The van der Waals surface area contributed by atoms with Gasteiger partial charge in [-0.3, -0.25) is 9.59 Å². The molecule has 4 rings (SSSR count). The standard InChI is InChI=1S/C21H20BrN3O4S/c1-13-10-15(4-5-16(13)20(27)24-8-2-3-9-24)25-12-14(11-18(25)26)23-21(28)29-19-7-6-17(22)30-19/h2-7,10,14H,8-9,11-12H2,1H3,(H,23,28). The van der Waals surface area contributed by atoms with Crippen LogP contribution in [-0.2, 0) is 4.79 Å². The Kier molecular flexibility index (Phi) is 5.92. The molecule has 1 fully saturated rings. The predicted octanol–water partition coefficient (Wildman–Crippen LogP) is 3.72. The number of aryl methyl sites for hydroxylation is 1. The lowest BCUT2D eigenvalue weighted by atomic mass is 10.1. The van der Waals surface area contributed by atoms with Gasteiger partial charge in [-0.25, -0.2) is 4.79 Å². The maximum absolute atomic E-state index is 12.6. The molecule has 0 bridgehead atoms. The zero-order valence-corrected chi connectivity index (χ0v) is 18.7. The molecule has 0 radical (unpaired) electrons. The summed E-state index contributed by atoms with van der Waals surface area (Å²) in [5.41, 5.74) is 2.17. The monoisotopic (exact) mass is 489 g/mol. The van der Waals surface area contributed by atoms with Crippen LogP contribution >= 0.6 is 27.3 Å². The molecule has 0 saturated carbocycles. The molecule has 0 spiro atoms. The molecule has 7 nitrogen and oxygen atoms in total. The number of anilines is 1. The van der Waals surface area contributed by atoms with Crippen LogP contribution in [0.4, 0.5) is 10.5 Å². The minimum atomic E-state index is -0.583. The van der Waals surface area contributed by atoms with Gasteiger partial charge in [0.1, 0.15) is 0 Å². The van der Waals surface area contributed by atoms with Crippen molar-refractivity contribution in [1.82, 2.24) is 10.2 Å². The first-order valence-electron chi connectivity index (χ1n) is 9.49. The van der Waals surface area contributed by atoms with Crippen molar-refractivity contribution in [2.24, 2.45) is 0 Å². The number of hydrogen-bond donors (Lipinski definition) is 1. The van der Waals surface area contributed by atoms with Crippen molar-refractivity contribution in [3.8, 4) is 5.06 Å². The molecule has 3 heterocycles. The lowest BCUT2D eigenvalue weighted by molar-refractivity contribution is -0.117. The summed E-state index contributed by atoms with van der Waals surface area (Å²) in [7, 11) is 0. The fourth-order valence-corrected chi connectivity index (χ4v) is 4.76. The molecule has 1 atom stereocenters. The van der Waals surface area contributed by atoms with E-state index in [1.807, 2.05) is 25.1 Å². The second kappa shape index (κ2) is 8.61. The highest BCUT2D eigenvalue weighted by Crippen LogP contribution is 2.29. The van der Waals surface area contributed by atoms with E-state index in [0.717, 1.165) is 9.35 Å². The van der Waals surface area contributed by atoms with Crippen molar-refractivity contribution in [3.05, 3.63) is 57.4 Å². The number of carbonyl (C=O) groups is 3. The van der Waals surface area contributed by atoms with E-state index in [-0.39, 0.29) is 24.3 Å². The Morgan fingerprint density at radius 1 is 1.20 bits per heavy atom. The van der Waals surface area contributed by atoms with Crippen LogP contribution in [0.15, 0.2) is 46.3 Å². The van der Waals surface area contributed by atoms with Crippen LogP contribution in [0.3, 0.4) is 0 Å². The lowest BCUT2D eigenvalue weighted by Gasteiger charge is -2.20. The van der Waals surface area contributed by atoms with E-state index >= 15 is 0 Å². The second-order valence-corrected chi connectivity index (χ2v) is 9.60. The van der Waals surface area contributed by atoms with E-state index in [0.29, 0.717) is 35.9 Å². The second-order valence-electron chi connectivity index (χ2n) is 7.18. The van der Waals surface area contributed by atoms with Gasteiger partial charge in [0, 0.05) is 37.3 Å². The number of nitrogens with one attached hydrogen (secondary N) is 1. The van der Waals surface area contributed by atoms with Crippen molar-refractivity contribution >= 4 is 50.9 Å². The number of halogens is 1. The zero-order chi connectivity index (χ0) is 21.3. The lowest BCUT2D eigenvalue weighted by Crippen LogP contribution is -2.38. The Balaban J connectivity index is 1.39. The highest BCUT2D eigenvalue weighted by Gasteiger charge is 2.32. The van der Waals surface area contributed by atoms with Gasteiger partial charge in [-0.2, -0.15) is 0 Å². The van der Waals surface area contributed by atoms with Gasteiger partial charge >= 0.3 is 6.09 Å². The van der Waals surface area contributed by atoms with E-state index in [2.05, 4.69) is 21.2 Å². The van der Waals surface area contributed by atoms with Crippen molar-refractivity contribution in [2.45, 2.75) is 19.4 Å². The molecule has 1 N–H and O–H groups in total. The van der Waals surface area contributed by atoms with E-state index in [1.54, 1.807) is 34.1 Å². The Bertz CT molecular complexity index is 1030. The average Bonchev–Trinajstić information content (AvgIpc) is 3.43. The van der Waals surface area contributed by atoms with E-state index in [9.17, 15) is 14.4 Å². The van der Waals surface area contributed by atoms with Crippen LogP contribution in [0, 0.1) is 6.92 Å². The van der Waals surface area contributed by atoms with Gasteiger partial charge in [-0.15, -0.1) is 0 Å². The third-order valence-electron chi connectivity index (χ3n) is 5.05. The molecule has 0 aliphatic carbocycles. The number of hydrogen-bond acceptors (Lipinski definition) is 5. The number of nitrogens with zero attached hydrogens (tertiary/aromatic N) is 2. The Morgan fingerprint density at radius 3 is 2.63 bits per heavy atom. The summed E-state index contributed by atoms with van der Waals surface area (Å²) < 4.78 is 6.11. The molecule has 3 amide bonds. The summed E-state index contributed by atoms with van der Waals surface area (Å²) in [6, 6.07) is 8.55. The highest BCUT2D eigenvalue weighted by atomic mass is 79.9. The summed E-state index contributed by atoms with van der Waals surface area (Å²) in [6.07, 6.45) is 3.56. The fraction of sp³-hybridized carbons (Fsp3) is 0.286. The van der Waals surface area contributed by atoms with Crippen molar-refractivity contribution in [3.63, 3.8) is 0 Å². The summed E-state index contributed by atoms with van der Waals surface area (Å²) >= 11 is 4.63. The first-order valence-corrected chi connectivity index (χ1v) is 11.1. The smallest absolute Gasteiger partial charge is 0.399 e. The maximum atomic E-state index is 12.6. The molecule has 1 aromatic heterocycles. The molecular formula is C21H20BrN3O4S. The van der Waals surface area contributed by atoms with Crippen LogP contribution in [0.2, 0.25) is 0 Å². The zero-order valence-electron chi connectivity index (χ0n) is 16.3. The molecule has 1 aromatic carbocycles. The molecule has 2 aliphatic heterocycles. The summed E-state index contributed by atoms with van der Waals surface area (Å²) in [5.74, 6) is -0.0966. The first kappa shape index (κ1) is 20.6. The number of thiophene rings is 1. The van der Waals surface area contributed by atoms with Gasteiger partial charge in [-0.1, -0.05) is 23.5 Å². The number of amides is 3. The van der Waals surface area contributed by atoms with Gasteiger partial charge < -0.3 is 19.9 Å². The van der Waals surface area contributed by atoms with Crippen LogP contribution in [-0.4, -0.2) is 48.5 Å². The summed E-state index contributed by atoms with van der Waals surface area (Å²) in [4.78, 5) is 40.6. The fourth-order valence-electron chi connectivity index (χ4n) is 3.56. The Hall–Kier alpha value is -2.65. The average molecular weight is 490 g/mol. The number of ether oxygens (including phenoxy) is 1. The normalized spacial score (nSPS) is 18.2. The number of rotatable bonds is 4. The van der Waals surface area contributed by atoms with E-state index in [1.165, 1.54) is 11.3 Å². The molecular weight excluding hydrogens is 470 g/mol. The molecule has 1 unspecified atom stereocenters. The van der Waals surface area contributed by atoms with E-state index < -0.39 is 6.09 Å². The van der Waals surface area contributed by atoms with Crippen LogP contribution in [0.1, 0.15) is 22.3 Å². The predicted molar refractivity (Wildman–Crippen MR) is 118 cm³/mol. The first-order chi connectivity index (χ1) is 14.4. The minimum absolute atomic E-state index is 0.0145. The summed E-state index contributed by atoms with van der Waals surface area (Å²) in [6.45, 7) is 3.46. The third kappa shape index (κ3) is 4.41. The van der Waals surface area contributed by atoms with Crippen molar-refractivity contribution in [2.75, 3.05) is 24.5 Å². The molecule has 2 aromatic rings. The van der Waals surface area contributed by atoms with Gasteiger partial charge in [0.2, 0.25) is 5.91 Å². The third-order valence-corrected chi connectivity index (χ3v) is 6.55. The topological polar surface area (TPSA) is 79.0 Å². The van der Waals surface area contributed by atoms with Crippen LogP contribution in [0.5, 0.6) is 5.06 Å². The van der Waals surface area contributed by atoms with Gasteiger partial charge in [0.05, 0.1) is 9.83 Å². The quantitative estimate of drug-likeness (QED) is 0.663. The molecule has 9 heteroatoms. The van der Waals surface area contributed by atoms with Crippen molar-refractivity contribution in [1.29, 1.82) is 0 Å². The maximum Gasteiger partial charge on any atom is 0.413 e. The van der Waals surface area contributed by atoms with Crippen molar-refractivity contribution < 1.29 is 19.1 Å². The summed E-state index contributed by atoms with van der Waals surface area (Å²) in [5, 5.41) is 3.22. The number of carbonyl (C=O) groups excluding carboxylic acids is 3. The molecule has 30 heavy (non-hydrogen) atoms. The van der Waals surface area contributed by atoms with Crippen LogP contribution in [0.25, 0.3) is 0 Å². The molecule has 2 aliphatic rings. The Labute approximate surface area is 186 Å². The van der Waals surface area contributed by atoms with Gasteiger partial charge in [-0.05, 0) is 58.7 Å². The van der Waals surface area contributed by atoms with E-state index in [4.69, 9.17) is 4.74 Å².